The Balaban J connectivity index is 1.61. The van der Waals surface area contributed by atoms with E-state index in [4.69, 9.17) is 16.3 Å². The molecule has 10 heteroatoms. The van der Waals surface area contributed by atoms with Crippen LogP contribution in [0.25, 0.3) is 0 Å². The zero-order chi connectivity index (χ0) is 23.1. The first-order valence-corrected chi connectivity index (χ1v) is 12.1. The van der Waals surface area contributed by atoms with Crippen LogP contribution in [0.15, 0.2) is 53.4 Å². The lowest BCUT2D eigenvalue weighted by atomic mass is 9.97. The topological polar surface area (TPSA) is 105 Å². The molecular formula is C22H26ClN3O5S. The van der Waals surface area contributed by atoms with E-state index in [0.29, 0.717) is 42.3 Å². The fourth-order valence-corrected chi connectivity index (χ4v) is 5.10. The fraction of sp³-hybridized carbons (Fsp3) is 0.364. The van der Waals surface area contributed by atoms with Crippen molar-refractivity contribution in [3.8, 4) is 0 Å². The van der Waals surface area contributed by atoms with Crippen LogP contribution in [0.4, 0.5) is 5.69 Å². The van der Waals surface area contributed by atoms with Crippen LogP contribution in [-0.2, 0) is 19.6 Å². The molecule has 0 aromatic heterocycles. The third kappa shape index (κ3) is 5.86. The predicted molar refractivity (Wildman–Crippen MR) is 122 cm³/mol. The predicted octanol–water partition coefficient (Wildman–Crippen LogP) is 2.76. The fourth-order valence-electron chi connectivity index (χ4n) is 3.50. The number of methoxy groups -OCH3 is 1. The maximum atomic E-state index is 12.8. The average Bonchev–Trinajstić information content (AvgIpc) is 2.80. The summed E-state index contributed by atoms with van der Waals surface area (Å²) in [7, 11) is -2.09. The van der Waals surface area contributed by atoms with E-state index in [1.807, 2.05) is 0 Å². The van der Waals surface area contributed by atoms with Gasteiger partial charge in [-0.05, 0) is 49.2 Å². The van der Waals surface area contributed by atoms with Crippen molar-refractivity contribution in [1.82, 2.24) is 9.62 Å². The number of carbonyl (C=O) groups is 2. The third-order valence-corrected chi connectivity index (χ3v) is 7.46. The third-order valence-electron chi connectivity index (χ3n) is 5.30. The molecule has 2 aromatic carbocycles. The van der Waals surface area contributed by atoms with Crippen LogP contribution in [0, 0.1) is 5.92 Å². The number of rotatable bonds is 8. The van der Waals surface area contributed by atoms with Crippen molar-refractivity contribution in [3.05, 3.63) is 59.1 Å². The smallest absolute Gasteiger partial charge is 0.253 e. The molecule has 0 aliphatic carbocycles. The van der Waals surface area contributed by atoms with E-state index in [9.17, 15) is 18.0 Å². The molecule has 1 saturated heterocycles. The van der Waals surface area contributed by atoms with Crippen molar-refractivity contribution in [2.24, 2.45) is 5.92 Å². The summed E-state index contributed by atoms with van der Waals surface area (Å²) in [6, 6.07) is 12.8. The SMILES string of the molecule is COCCNC(=O)c1ccccc1NC(=O)C1CCN(S(=O)(=O)c2ccc(Cl)cc2)CC1. The van der Waals surface area contributed by atoms with Gasteiger partial charge in [0.05, 0.1) is 22.8 Å². The molecule has 1 heterocycles. The van der Waals surface area contributed by atoms with Gasteiger partial charge in [-0.25, -0.2) is 8.42 Å². The molecule has 1 aliphatic heterocycles. The van der Waals surface area contributed by atoms with E-state index in [1.165, 1.54) is 28.6 Å². The van der Waals surface area contributed by atoms with Crippen LogP contribution in [0.2, 0.25) is 5.02 Å². The standard InChI is InChI=1S/C22H26ClN3O5S/c1-31-15-12-24-22(28)19-4-2-3-5-20(19)25-21(27)16-10-13-26(14-11-16)32(29,30)18-8-6-17(23)7-9-18/h2-9,16H,10-15H2,1H3,(H,24,28)(H,25,27). The monoisotopic (exact) mass is 479 g/mol. The van der Waals surface area contributed by atoms with Crippen molar-refractivity contribution in [1.29, 1.82) is 0 Å². The molecular weight excluding hydrogens is 454 g/mol. The van der Waals surface area contributed by atoms with Gasteiger partial charge in [0.2, 0.25) is 15.9 Å². The number of piperidine rings is 1. The first kappa shape index (κ1) is 24.2. The van der Waals surface area contributed by atoms with Crippen molar-refractivity contribution in [2.45, 2.75) is 17.7 Å². The lowest BCUT2D eigenvalue weighted by Gasteiger charge is -2.30. The average molecular weight is 480 g/mol. The molecule has 2 N–H and O–H groups in total. The second-order valence-corrected chi connectivity index (χ2v) is 9.79. The molecule has 3 rings (SSSR count). The van der Waals surface area contributed by atoms with Gasteiger partial charge in [-0.1, -0.05) is 23.7 Å². The zero-order valence-corrected chi connectivity index (χ0v) is 19.3. The summed E-state index contributed by atoms with van der Waals surface area (Å²) in [6.07, 6.45) is 0.779. The van der Waals surface area contributed by atoms with Gasteiger partial charge in [-0.3, -0.25) is 9.59 Å². The largest absolute Gasteiger partial charge is 0.383 e. The number of anilines is 1. The van der Waals surface area contributed by atoms with Gasteiger partial charge in [-0.15, -0.1) is 0 Å². The molecule has 0 spiro atoms. The van der Waals surface area contributed by atoms with Crippen molar-refractivity contribution in [2.75, 3.05) is 38.7 Å². The molecule has 1 aliphatic rings. The minimum absolute atomic E-state index is 0.179. The number of carbonyl (C=O) groups excluding carboxylic acids is 2. The van der Waals surface area contributed by atoms with Crippen LogP contribution in [0.3, 0.4) is 0 Å². The summed E-state index contributed by atoms with van der Waals surface area (Å²) in [4.78, 5) is 25.4. The van der Waals surface area contributed by atoms with Gasteiger partial charge >= 0.3 is 0 Å². The lowest BCUT2D eigenvalue weighted by molar-refractivity contribution is -0.120. The van der Waals surface area contributed by atoms with E-state index in [1.54, 1.807) is 31.4 Å². The van der Waals surface area contributed by atoms with Crippen LogP contribution < -0.4 is 10.6 Å². The normalized spacial score (nSPS) is 15.3. The Morgan fingerprint density at radius 3 is 2.41 bits per heavy atom. The number of hydrogen-bond acceptors (Lipinski definition) is 5. The van der Waals surface area contributed by atoms with Gasteiger partial charge in [-0.2, -0.15) is 4.31 Å². The Bertz CT molecular complexity index is 1050. The number of halogens is 1. The van der Waals surface area contributed by atoms with Crippen LogP contribution in [-0.4, -0.2) is 57.9 Å². The number of nitrogens with zero attached hydrogens (tertiary/aromatic N) is 1. The minimum Gasteiger partial charge on any atom is -0.383 e. The Morgan fingerprint density at radius 2 is 1.75 bits per heavy atom. The summed E-state index contributed by atoms with van der Waals surface area (Å²) >= 11 is 5.85. The van der Waals surface area contributed by atoms with Crippen molar-refractivity contribution >= 4 is 39.1 Å². The van der Waals surface area contributed by atoms with Crippen LogP contribution in [0.1, 0.15) is 23.2 Å². The van der Waals surface area contributed by atoms with E-state index in [-0.39, 0.29) is 35.7 Å². The van der Waals surface area contributed by atoms with Gasteiger partial charge in [0.15, 0.2) is 0 Å². The van der Waals surface area contributed by atoms with E-state index >= 15 is 0 Å². The number of sulfonamides is 1. The Kier molecular flexibility index (Phi) is 8.25. The summed E-state index contributed by atoms with van der Waals surface area (Å²) in [5.41, 5.74) is 0.781. The minimum atomic E-state index is -3.64. The van der Waals surface area contributed by atoms with Crippen LogP contribution in [0.5, 0.6) is 0 Å². The highest BCUT2D eigenvalue weighted by molar-refractivity contribution is 7.89. The highest BCUT2D eigenvalue weighted by Gasteiger charge is 2.32. The molecule has 0 atom stereocenters. The molecule has 0 bridgehead atoms. The molecule has 8 nitrogen and oxygen atoms in total. The first-order chi connectivity index (χ1) is 15.3. The van der Waals surface area contributed by atoms with Gasteiger partial charge in [0.1, 0.15) is 0 Å². The molecule has 2 aromatic rings. The number of amides is 2. The first-order valence-electron chi connectivity index (χ1n) is 10.3. The maximum Gasteiger partial charge on any atom is 0.253 e. The number of hydrogen-bond donors (Lipinski definition) is 2. The molecule has 0 saturated carbocycles. The molecule has 32 heavy (non-hydrogen) atoms. The van der Waals surface area contributed by atoms with Crippen molar-refractivity contribution < 1.29 is 22.7 Å². The van der Waals surface area contributed by atoms with Crippen molar-refractivity contribution in [3.63, 3.8) is 0 Å². The Labute approximate surface area is 192 Å². The molecule has 0 unspecified atom stereocenters. The number of nitrogens with one attached hydrogen (secondary N) is 2. The van der Waals surface area contributed by atoms with Gasteiger partial charge in [0.25, 0.3) is 5.91 Å². The van der Waals surface area contributed by atoms with E-state index in [2.05, 4.69) is 10.6 Å². The van der Waals surface area contributed by atoms with Crippen LogP contribution >= 0.6 is 11.6 Å². The molecule has 172 valence electrons. The number of benzene rings is 2. The van der Waals surface area contributed by atoms with Gasteiger partial charge in [0, 0.05) is 37.7 Å². The van der Waals surface area contributed by atoms with Gasteiger partial charge < -0.3 is 15.4 Å². The molecule has 0 radical (unpaired) electrons. The summed E-state index contributed by atoms with van der Waals surface area (Å²) in [5.74, 6) is -0.885. The number of para-hydroxylation sites is 1. The highest BCUT2D eigenvalue weighted by atomic mass is 35.5. The van der Waals surface area contributed by atoms with E-state index < -0.39 is 10.0 Å². The summed E-state index contributed by atoms with van der Waals surface area (Å²) in [6.45, 7) is 1.22. The Morgan fingerprint density at radius 1 is 1.09 bits per heavy atom. The van der Waals surface area contributed by atoms with E-state index in [0.717, 1.165) is 0 Å². The summed E-state index contributed by atoms with van der Waals surface area (Å²) < 4.78 is 32.0. The zero-order valence-electron chi connectivity index (χ0n) is 17.7. The summed E-state index contributed by atoms with van der Waals surface area (Å²) in [5, 5.41) is 6.03. The maximum absolute atomic E-state index is 12.8. The molecule has 2 amide bonds. The lowest BCUT2D eigenvalue weighted by Crippen LogP contribution is -2.41. The quantitative estimate of drug-likeness (QED) is 0.566. The number of ether oxygens (including phenoxy) is 1. The molecule has 1 fully saturated rings. The highest BCUT2D eigenvalue weighted by Crippen LogP contribution is 2.26. The second kappa shape index (κ2) is 10.9. The Hall–Kier alpha value is -2.46. The second-order valence-electron chi connectivity index (χ2n) is 7.42.